The zero-order valence-electron chi connectivity index (χ0n) is 10.8. The number of hydrogen-bond donors (Lipinski definition) is 2. The Hall–Kier alpha value is -2.37. The molecule has 2 aromatic rings. The summed E-state index contributed by atoms with van der Waals surface area (Å²) in [5.74, 6) is 4.25. The van der Waals surface area contributed by atoms with E-state index < -0.39 is 16.0 Å². The number of hydrogen-bond acceptors (Lipinski definition) is 5. The maximum atomic E-state index is 12.1. The minimum atomic E-state index is -3.75. The summed E-state index contributed by atoms with van der Waals surface area (Å²) >= 11 is 0.962. The van der Waals surface area contributed by atoms with E-state index >= 15 is 0 Å². The molecule has 2 N–H and O–H groups in total. The van der Waals surface area contributed by atoms with Crippen molar-refractivity contribution in [3.8, 4) is 11.8 Å². The predicted molar refractivity (Wildman–Crippen MR) is 78.9 cm³/mol. The van der Waals surface area contributed by atoms with Crippen molar-refractivity contribution in [1.29, 1.82) is 0 Å². The largest absolute Gasteiger partial charge is 0.478 e. The van der Waals surface area contributed by atoms with Crippen LogP contribution in [-0.4, -0.2) is 24.5 Å². The first kappa shape index (κ1) is 15.0. The number of aromatic nitrogens is 1. The molecule has 1 aromatic carbocycles. The Morgan fingerprint density at radius 3 is 2.57 bits per heavy atom. The van der Waals surface area contributed by atoms with Crippen LogP contribution in [0.5, 0.6) is 0 Å². The molecule has 0 fully saturated rings. The van der Waals surface area contributed by atoms with Crippen LogP contribution < -0.4 is 4.72 Å². The normalized spacial score (nSPS) is 10.5. The average molecular weight is 322 g/mol. The molecule has 6 nitrogen and oxygen atoms in total. The van der Waals surface area contributed by atoms with Gasteiger partial charge >= 0.3 is 5.97 Å². The summed E-state index contributed by atoms with van der Waals surface area (Å²) in [7, 11) is -3.75. The summed E-state index contributed by atoms with van der Waals surface area (Å²) in [6.45, 7) is 1.64. The Morgan fingerprint density at radius 2 is 2.00 bits per heavy atom. The lowest BCUT2D eigenvalue weighted by atomic mass is 10.2. The number of anilines is 1. The van der Waals surface area contributed by atoms with Gasteiger partial charge in [-0.3, -0.25) is 4.72 Å². The van der Waals surface area contributed by atoms with Crippen LogP contribution in [0.15, 0.2) is 34.7 Å². The van der Waals surface area contributed by atoms with Crippen molar-refractivity contribution in [2.24, 2.45) is 0 Å². The smallest absolute Gasteiger partial charge is 0.335 e. The number of carboxylic acids is 1. The lowest BCUT2D eigenvalue weighted by molar-refractivity contribution is 0.0697. The standard InChI is InChI=1S/C13H10N2O4S2/c1-2-3-11-14-8-12(20-11)21(18,19)15-10-6-4-9(5-7-10)13(16)17/h4-8,15H,1H3,(H,16,17). The van der Waals surface area contributed by atoms with E-state index in [4.69, 9.17) is 5.11 Å². The Balaban J connectivity index is 2.23. The maximum Gasteiger partial charge on any atom is 0.335 e. The molecule has 21 heavy (non-hydrogen) atoms. The molecule has 2 rings (SSSR count). The van der Waals surface area contributed by atoms with E-state index in [0.717, 1.165) is 11.3 Å². The number of thiazole rings is 1. The van der Waals surface area contributed by atoms with Crippen LogP contribution in [0, 0.1) is 11.8 Å². The third-order valence-electron chi connectivity index (χ3n) is 2.37. The Bertz CT molecular complexity index is 827. The highest BCUT2D eigenvalue weighted by Gasteiger charge is 2.17. The monoisotopic (exact) mass is 322 g/mol. The number of sulfonamides is 1. The SMILES string of the molecule is CC#Cc1ncc(S(=O)(=O)Nc2ccc(C(=O)O)cc2)s1. The van der Waals surface area contributed by atoms with E-state index in [2.05, 4.69) is 21.5 Å². The van der Waals surface area contributed by atoms with Gasteiger partial charge in [0.25, 0.3) is 10.0 Å². The van der Waals surface area contributed by atoms with Crippen molar-refractivity contribution >= 4 is 33.0 Å². The highest BCUT2D eigenvalue weighted by Crippen LogP contribution is 2.21. The topological polar surface area (TPSA) is 96.4 Å². The number of carbonyl (C=O) groups is 1. The van der Waals surface area contributed by atoms with Gasteiger partial charge < -0.3 is 5.11 Å². The van der Waals surface area contributed by atoms with Crippen LogP contribution in [0.25, 0.3) is 0 Å². The van der Waals surface area contributed by atoms with Gasteiger partial charge in [0.15, 0.2) is 9.22 Å². The molecule has 0 atom stereocenters. The average Bonchev–Trinajstić information content (AvgIpc) is 2.89. The van der Waals surface area contributed by atoms with Crippen LogP contribution in [0.3, 0.4) is 0 Å². The Kier molecular flexibility index (Phi) is 4.26. The lowest BCUT2D eigenvalue weighted by Crippen LogP contribution is -2.11. The van der Waals surface area contributed by atoms with Gasteiger partial charge in [-0.1, -0.05) is 17.3 Å². The zero-order chi connectivity index (χ0) is 15.5. The quantitative estimate of drug-likeness (QED) is 0.839. The van der Waals surface area contributed by atoms with E-state index in [0.29, 0.717) is 5.01 Å². The minimum absolute atomic E-state index is 0.0440. The molecular formula is C13H10N2O4S2. The molecule has 0 amide bonds. The molecule has 0 aliphatic heterocycles. The highest BCUT2D eigenvalue weighted by atomic mass is 32.2. The molecule has 0 aliphatic carbocycles. The van der Waals surface area contributed by atoms with E-state index in [9.17, 15) is 13.2 Å². The maximum absolute atomic E-state index is 12.1. The molecular weight excluding hydrogens is 312 g/mol. The summed E-state index contributed by atoms with van der Waals surface area (Å²) in [5.41, 5.74) is 0.354. The number of carboxylic acid groups (broad SMARTS) is 1. The van der Waals surface area contributed by atoms with E-state index in [1.807, 2.05) is 0 Å². The Morgan fingerprint density at radius 1 is 1.33 bits per heavy atom. The third-order valence-corrected chi connectivity index (χ3v) is 5.12. The second-order valence-corrected chi connectivity index (χ2v) is 6.79. The van der Waals surface area contributed by atoms with Gasteiger partial charge in [-0.15, -0.1) is 0 Å². The number of rotatable bonds is 4. The molecule has 0 saturated heterocycles. The zero-order valence-corrected chi connectivity index (χ0v) is 12.5. The highest BCUT2D eigenvalue weighted by molar-refractivity contribution is 7.94. The van der Waals surface area contributed by atoms with Gasteiger partial charge in [0.2, 0.25) is 0 Å². The van der Waals surface area contributed by atoms with E-state index in [-0.39, 0.29) is 15.5 Å². The van der Waals surface area contributed by atoms with E-state index in [1.165, 1.54) is 30.5 Å². The van der Waals surface area contributed by atoms with Crippen LogP contribution >= 0.6 is 11.3 Å². The van der Waals surface area contributed by atoms with Crippen LogP contribution in [-0.2, 0) is 10.0 Å². The fraction of sp³-hybridized carbons (Fsp3) is 0.0769. The fourth-order valence-corrected chi connectivity index (χ4v) is 3.53. The van der Waals surface area contributed by atoms with Crippen molar-refractivity contribution in [3.05, 3.63) is 41.0 Å². The second-order valence-electron chi connectivity index (χ2n) is 3.85. The number of benzene rings is 1. The van der Waals surface area contributed by atoms with Gasteiger partial charge in [-0.2, -0.15) is 0 Å². The molecule has 8 heteroatoms. The Labute approximate surface area is 125 Å². The van der Waals surface area contributed by atoms with Gasteiger partial charge in [-0.05, 0) is 37.1 Å². The summed E-state index contributed by atoms with van der Waals surface area (Å²) in [4.78, 5) is 14.6. The predicted octanol–water partition coefficient (Wildman–Crippen LogP) is 2.01. The molecule has 108 valence electrons. The van der Waals surface area contributed by atoms with Crippen molar-refractivity contribution in [1.82, 2.24) is 4.98 Å². The van der Waals surface area contributed by atoms with Crippen LogP contribution in [0.2, 0.25) is 0 Å². The molecule has 0 radical (unpaired) electrons. The van der Waals surface area contributed by atoms with Gasteiger partial charge in [0, 0.05) is 5.69 Å². The second kappa shape index (κ2) is 5.95. The molecule has 0 bridgehead atoms. The van der Waals surface area contributed by atoms with Crippen molar-refractivity contribution < 1.29 is 18.3 Å². The molecule has 0 unspecified atom stereocenters. The first-order valence-electron chi connectivity index (χ1n) is 5.67. The summed E-state index contributed by atoms with van der Waals surface area (Å²) in [5, 5.41) is 9.20. The van der Waals surface area contributed by atoms with E-state index in [1.54, 1.807) is 6.92 Å². The third kappa shape index (κ3) is 3.59. The van der Waals surface area contributed by atoms with Crippen LogP contribution in [0.4, 0.5) is 5.69 Å². The minimum Gasteiger partial charge on any atom is -0.478 e. The van der Waals surface area contributed by atoms with Gasteiger partial charge in [0.05, 0.1) is 11.8 Å². The van der Waals surface area contributed by atoms with Crippen molar-refractivity contribution in [3.63, 3.8) is 0 Å². The first-order chi connectivity index (χ1) is 9.92. The van der Waals surface area contributed by atoms with Gasteiger partial charge in [0.1, 0.15) is 0 Å². The van der Waals surface area contributed by atoms with Gasteiger partial charge in [-0.25, -0.2) is 18.2 Å². The molecule has 1 aromatic heterocycles. The number of nitrogens with one attached hydrogen (secondary N) is 1. The number of aromatic carboxylic acids is 1. The molecule has 0 aliphatic rings. The summed E-state index contributed by atoms with van der Waals surface area (Å²) in [6, 6.07) is 5.41. The fourth-order valence-electron chi connectivity index (χ4n) is 1.43. The summed E-state index contributed by atoms with van der Waals surface area (Å²) < 4.78 is 26.7. The van der Waals surface area contributed by atoms with Crippen LogP contribution in [0.1, 0.15) is 22.3 Å². The first-order valence-corrected chi connectivity index (χ1v) is 7.97. The molecule has 1 heterocycles. The molecule has 0 spiro atoms. The number of nitrogens with zero attached hydrogens (tertiary/aromatic N) is 1. The molecule has 0 saturated carbocycles. The summed E-state index contributed by atoms with van der Waals surface area (Å²) in [6.07, 6.45) is 1.23. The lowest BCUT2D eigenvalue weighted by Gasteiger charge is -2.05. The van der Waals surface area contributed by atoms with Crippen molar-refractivity contribution in [2.75, 3.05) is 4.72 Å². The van der Waals surface area contributed by atoms with Crippen molar-refractivity contribution in [2.45, 2.75) is 11.1 Å².